The minimum atomic E-state index is -0.597. The molecule has 0 aliphatic rings. The third kappa shape index (κ3) is 5.07. The molecular weight excluding hydrogens is 314 g/mol. The summed E-state index contributed by atoms with van der Waals surface area (Å²) in [6.45, 7) is 8.29. The molecule has 0 spiro atoms. The molecule has 1 atom stereocenters. The van der Waals surface area contributed by atoms with Crippen molar-refractivity contribution in [3.05, 3.63) is 64.7 Å². The van der Waals surface area contributed by atoms with Crippen LogP contribution in [-0.2, 0) is 17.9 Å². The molecule has 2 rings (SSSR count). The van der Waals surface area contributed by atoms with Gasteiger partial charge >= 0.3 is 0 Å². The van der Waals surface area contributed by atoms with Crippen molar-refractivity contribution in [3.63, 3.8) is 0 Å². The molecule has 25 heavy (non-hydrogen) atoms. The number of carbonyl (C=O) groups is 1. The first kappa shape index (κ1) is 19.0. The van der Waals surface area contributed by atoms with Gasteiger partial charge in [0.1, 0.15) is 5.75 Å². The largest absolute Gasteiger partial charge is 0.481 e. The number of aliphatic hydroxyl groups excluding tert-OH is 1. The summed E-state index contributed by atoms with van der Waals surface area (Å²) < 4.78 is 5.93. The average Bonchev–Trinajstić information content (AvgIpc) is 2.59. The number of amides is 1. The lowest BCUT2D eigenvalue weighted by molar-refractivity contribution is -0.127. The number of benzene rings is 2. The predicted octanol–water partition coefficient (Wildman–Crippen LogP) is 3.69. The van der Waals surface area contributed by atoms with Gasteiger partial charge in [-0.15, -0.1) is 0 Å². The molecule has 4 heteroatoms. The van der Waals surface area contributed by atoms with Gasteiger partial charge in [-0.1, -0.05) is 50.2 Å². The standard InChI is InChI=1S/C21H27NO3/c1-14(2)19-10-9-15(3)11-20(19)25-16(4)21(24)22-12-17-7-5-6-8-18(17)13-23/h5-11,14,16,23H,12-13H2,1-4H3,(H,22,24). The molecule has 0 heterocycles. The number of hydrogen-bond donors (Lipinski definition) is 2. The van der Waals surface area contributed by atoms with E-state index in [0.29, 0.717) is 12.5 Å². The highest BCUT2D eigenvalue weighted by atomic mass is 16.5. The van der Waals surface area contributed by atoms with Gasteiger partial charge in [0.25, 0.3) is 5.91 Å². The van der Waals surface area contributed by atoms with Crippen LogP contribution in [-0.4, -0.2) is 17.1 Å². The summed E-state index contributed by atoms with van der Waals surface area (Å²) in [5.41, 5.74) is 3.92. The molecule has 2 aromatic rings. The topological polar surface area (TPSA) is 58.6 Å². The Morgan fingerprint density at radius 2 is 1.80 bits per heavy atom. The third-order valence-electron chi connectivity index (χ3n) is 4.21. The van der Waals surface area contributed by atoms with Crippen molar-refractivity contribution < 1.29 is 14.6 Å². The van der Waals surface area contributed by atoms with E-state index in [-0.39, 0.29) is 12.5 Å². The van der Waals surface area contributed by atoms with Crippen LogP contribution in [0.3, 0.4) is 0 Å². The lowest BCUT2D eigenvalue weighted by Crippen LogP contribution is -2.36. The van der Waals surface area contributed by atoms with Crippen molar-refractivity contribution in [1.29, 1.82) is 0 Å². The lowest BCUT2D eigenvalue weighted by atomic mass is 10.0. The van der Waals surface area contributed by atoms with Gasteiger partial charge in [-0.25, -0.2) is 0 Å². The molecule has 0 saturated carbocycles. The van der Waals surface area contributed by atoms with E-state index in [1.54, 1.807) is 6.92 Å². The van der Waals surface area contributed by atoms with Crippen LogP contribution in [0.4, 0.5) is 0 Å². The van der Waals surface area contributed by atoms with Gasteiger partial charge in [0, 0.05) is 6.54 Å². The number of aliphatic hydroxyl groups is 1. The van der Waals surface area contributed by atoms with E-state index in [2.05, 4.69) is 31.3 Å². The highest BCUT2D eigenvalue weighted by Crippen LogP contribution is 2.28. The number of ether oxygens (including phenoxy) is 1. The molecule has 0 aromatic heterocycles. The predicted molar refractivity (Wildman–Crippen MR) is 99.6 cm³/mol. The number of hydrogen-bond acceptors (Lipinski definition) is 3. The first-order valence-corrected chi connectivity index (χ1v) is 8.65. The van der Waals surface area contributed by atoms with E-state index in [0.717, 1.165) is 28.0 Å². The van der Waals surface area contributed by atoms with Crippen LogP contribution >= 0.6 is 0 Å². The molecular formula is C21H27NO3. The van der Waals surface area contributed by atoms with Gasteiger partial charge in [0.15, 0.2) is 6.10 Å². The maximum absolute atomic E-state index is 12.4. The maximum atomic E-state index is 12.4. The first-order valence-electron chi connectivity index (χ1n) is 8.65. The SMILES string of the molecule is Cc1ccc(C(C)C)c(OC(C)C(=O)NCc2ccccc2CO)c1. The number of carbonyl (C=O) groups excluding carboxylic acids is 1. The van der Waals surface area contributed by atoms with Crippen molar-refractivity contribution >= 4 is 5.91 Å². The second-order valence-electron chi connectivity index (χ2n) is 6.60. The summed E-state index contributed by atoms with van der Waals surface area (Å²) in [5, 5.41) is 12.2. The Morgan fingerprint density at radius 1 is 1.12 bits per heavy atom. The fourth-order valence-corrected chi connectivity index (χ4v) is 2.67. The monoisotopic (exact) mass is 341 g/mol. The van der Waals surface area contributed by atoms with Crippen molar-refractivity contribution in [2.75, 3.05) is 0 Å². The molecule has 2 N–H and O–H groups in total. The zero-order valence-corrected chi connectivity index (χ0v) is 15.4. The Balaban J connectivity index is 2.02. The highest BCUT2D eigenvalue weighted by molar-refractivity contribution is 5.80. The van der Waals surface area contributed by atoms with Crippen LogP contribution in [0.15, 0.2) is 42.5 Å². The van der Waals surface area contributed by atoms with E-state index in [4.69, 9.17) is 4.74 Å². The van der Waals surface area contributed by atoms with Gasteiger partial charge in [0.2, 0.25) is 0 Å². The minimum absolute atomic E-state index is 0.0425. The Labute approximate surface area is 149 Å². The average molecular weight is 341 g/mol. The molecule has 0 aliphatic heterocycles. The Hall–Kier alpha value is -2.33. The quantitative estimate of drug-likeness (QED) is 0.807. The lowest BCUT2D eigenvalue weighted by Gasteiger charge is -2.19. The van der Waals surface area contributed by atoms with E-state index < -0.39 is 6.10 Å². The van der Waals surface area contributed by atoms with Gasteiger partial charge in [-0.2, -0.15) is 0 Å². The molecule has 0 radical (unpaired) electrons. The summed E-state index contributed by atoms with van der Waals surface area (Å²) in [4.78, 5) is 12.4. The molecule has 2 aromatic carbocycles. The van der Waals surface area contributed by atoms with E-state index in [9.17, 15) is 9.90 Å². The Morgan fingerprint density at radius 3 is 2.44 bits per heavy atom. The van der Waals surface area contributed by atoms with Gasteiger partial charge in [-0.05, 0) is 48.1 Å². The van der Waals surface area contributed by atoms with Crippen molar-refractivity contribution in [2.24, 2.45) is 0 Å². The summed E-state index contributed by atoms with van der Waals surface area (Å²) >= 11 is 0. The van der Waals surface area contributed by atoms with Crippen molar-refractivity contribution in [3.8, 4) is 5.75 Å². The van der Waals surface area contributed by atoms with Crippen molar-refractivity contribution in [2.45, 2.75) is 52.9 Å². The molecule has 134 valence electrons. The zero-order valence-electron chi connectivity index (χ0n) is 15.4. The summed E-state index contributed by atoms with van der Waals surface area (Å²) in [7, 11) is 0. The van der Waals surface area contributed by atoms with Crippen LogP contribution in [0, 0.1) is 6.92 Å². The van der Waals surface area contributed by atoms with Crippen LogP contribution in [0.5, 0.6) is 5.75 Å². The zero-order chi connectivity index (χ0) is 18.4. The van der Waals surface area contributed by atoms with Crippen LogP contribution in [0.25, 0.3) is 0 Å². The highest BCUT2D eigenvalue weighted by Gasteiger charge is 2.17. The fourth-order valence-electron chi connectivity index (χ4n) is 2.67. The summed E-state index contributed by atoms with van der Waals surface area (Å²) in [5.74, 6) is 0.902. The van der Waals surface area contributed by atoms with Gasteiger partial charge < -0.3 is 15.2 Å². The molecule has 0 aliphatic carbocycles. The number of aryl methyl sites for hydroxylation is 1. The normalized spacial score (nSPS) is 12.1. The second-order valence-corrected chi connectivity index (χ2v) is 6.60. The van der Waals surface area contributed by atoms with Gasteiger partial charge in [-0.3, -0.25) is 4.79 Å². The van der Waals surface area contributed by atoms with Crippen LogP contribution in [0.2, 0.25) is 0 Å². The number of nitrogens with one attached hydrogen (secondary N) is 1. The minimum Gasteiger partial charge on any atom is -0.481 e. The van der Waals surface area contributed by atoms with Crippen LogP contribution in [0.1, 0.15) is 48.9 Å². The molecule has 4 nitrogen and oxygen atoms in total. The van der Waals surface area contributed by atoms with Gasteiger partial charge in [0.05, 0.1) is 6.61 Å². The third-order valence-corrected chi connectivity index (χ3v) is 4.21. The fraction of sp³-hybridized carbons (Fsp3) is 0.381. The Kier molecular flexibility index (Phi) is 6.59. The van der Waals surface area contributed by atoms with E-state index in [1.165, 1.54) is 0 Å². The molecule has 0 fully saturated rings. The summed E-state index contributed by atoms with van der Waals surface area (Å²) in [6, 6.07) is 13.6. The van der Waals surface area contributed by atoms with Crippen LogP contribution < -0.4 is 10.1 Å². The first-order chi connectivity index (χ1) is 11.9. The van der Waals surface area contributed by atoms with E-state index in [1.807, 2.05) is 37.3 Å². The van der Waals surface area contributed by atoms with Crippen molar-refractivity contribution in [1.82, 2.24) is 5.32 Å². The smallest absolute Gasteiger partial charge is 0.261 e. The number of rotatable bonds is 7. The molecule has 1 amide bonds. The summed E-state index contributed by atoms with van der Waals surface area (Å²) in [6.07, 6.45) is -0.597. The maximum Gasteiger partial charge on any atom is 0.261 e. The molecule has 0 bridgehead atoms. The van der Waals surface area contributed by atoms with E-state index >= 15 is 0 Å². The second kappa shape index (κ2) is 8.67. The molecule has 0 saturated heterocycles. The Bertz CT molecular complexity index is 725. The molecule has 1 unspecified atom stereocenters.